The maximum absolute atomic E-state index is 13.5. The molecule has 1 aromatic heterocycles. The summed E-state index contributed by atoms with van der Waals surface area (Å²) in [7, 11) is 0. The van der Waals surface area contributed by atoms with Gasteiger partial charge < -0.3 is 10.1 Å². The molecule has 0 saturated heterocycles. The standard InChI is InChI=1S/C13H12F2N2O2S/c1-2-19-11(18)6-8-7-20-13(16-8)17-12-9(14)4-3-5-10(12)15/h3-5,7H,2,6H2,1H3,(H,16,17). The second kappa shape index (κ2) is 6.42. The summed E-state index contributed by atoms with van der Waals surface area (Å²) in [6.45, 7) is 2.02. The lowest BCUT2D eigenvalue weighted by molar-refractivity contribution is -0.142. The lowest BCUT2D eigenvalue weighted by Crippen LogP contribution is -2.07. The predicted molar refractivity (Wildman–Crippen MR) is 72.1 cm³/mol. The normalized spacial score (nSPS) is 10.3. The van der Waals surface area contributed by atoms with Gasteiger partial charge >= 0.3 is 5.97 Å². The Bertz CT molecular complexity index is 596. The molecule has 0 aliphatic heterocycles. The topological polar surface area (TPSA) is 51.2 Å². The molecule has 106 valence electrons. The van der Waals surface area contributed by atoms with Gasteiger partial charge in [-0.05, 0) is 19.1 Å². The number of esters is 1. The van der Waals surface area contributed by atoms with Crippen LogP contribution in [0.25, 0.3) is 0 Å². The van der Waals surface area contributed by atoms with Crippen LogP contribution in [0.1, 0.15) is 12.6 Å². The second-order valence-corrected chi connectivity index (χ2v) is 4.71. The van der Waals surface area contributed by atoms with Crippen molar-refractivity contribution in [2.24, 2.45) is 0 Å². The Labute approximate surface area is 118 Å². The first kappa shape index (κ1) is 14.4. The molecule has 0 radical (unpaired) electrons. The van der Waals surface area contributed by atoms with E-state index in [1.165, 1.54) is 6.07 Å². The Morgan fingerprint density at radius 1 is 1.40 bits per heavy atom. The average Bonchev–Trinajstić information content (AvgIpc) is 2.82. The van der Waals surface area contributed by atoms with Crippen LogP contribution in [0.4, 0.5) is 19.6 Å². The first-order chi connectivity index (χ1) is 9.60. The molecule has 0 fully saturated rings. The lowest BCUT2D eigenvalue weighted by atomic mass is 10.3. The Hall–Kier alpha value is -2.02. The van der Waals surface area contributed by atoms with Gasteiger partial charge in [0.25, 0.3) is 0 Å². The fourth-order valence-electron chi connectivity index (χ4n) is 1.53. The first-order valence-corrected chi connectivity index (χ1v) is 6.79. The van der Waals surface area contributed by atoms with E-state index in [2.05, 4.69) is 10.3 Å². The number of nitrogens with zero attached hydrogens (tertiary/aromatic N) is 1. The summed E-state index contributed by atoms with van der Waals surface area (Å²) in [6.07, 6.45) is 0.0335. The molecule has 0 aliphatic rings. The van der Waals surface area contributed by atoms with E-state index >= 15 is 0 Å². The van der Waals surface area contributed by atoms with Crippen LogP contribution >= 0.6 is 11.3 Å². The number of thiazole rings is 1. The third kappa shape index (κ3) is 3.51. The molecule has 0 bridgehead atoms. The summed E-state index contributed by atoms with van der Waals surface area (Å²) in [4.78, 5) is 15.4. The van der Waals surface area contributed by atoms with Crippen LogP contribution in [0.15, 0.2) is 23.6 Å². The summed E-state index contributed by atoms with van der Waals surface area (Å²) >= 11 is 1.16. The summed E-state index contributed by atoms with van der Waals surface area (Å²) in [5, 5.41) is 4.52. The largest absolute Gasteiger partial charge is 0.466 e. The van der Waals surface area contributed by atoms with E-state index in [9.17, 15) is 13.6 Å². The number of nitrogens with one attached hydrogen (secondary N) is 1. The number of carbonyl (C=O) groups is 1. The van der Waals surface area contributed by atoms with Crippen molar-refractivity contribution in [2.45, 2.75) is 13.3 Å². The number of hydrogen-bond acceptors (Lipinski definition) is 5. The summed E-state index contributed by atoms with van der Waals surface area (Å²) in [6, 6.07) is 3.58. The highest BCUT2D eigenvalue weighted by molar-refractivity contribution is 7.13. The van der Waals surface area contributed by atoms with Crippen LogP contribution in [-0.2, 0) is 16.0 Å². The minimum absolute atomic E-state index is 0.0335. The van der Waals surface area contributed by atoms with E-state index in [1.807, 2.05) is 0 Å². The summed E-state index contributed by atoms with van der Waals surface area (Å²) < 4.78 is 31.7. The molecule has 0 amide bonds. The number of ether oxygens (including phenoxy) is 1. The number of hydrogen-bond donors (Lipinski definition) is 1. The molecule has 2 aromatic rings. The van der Waals surface area contributed by atoms with Gasteiger partial charge in [0.1, 0.15) is 17.3 Å². The van der Waals surface area contributed by atoms with E-state index in [1.54, 1.807) is 12.3 Å². The maximum atomic E-state index is 13.5. The van der Waals surface area contributed by atoms with Crippen LogP contribution in [-0.4, -0.2) is 17.6 Å². The summed E-state index contributed by atoms with van der Waals surface area (Å²) in [5.41, 5.74) is 0.234. The SMILES string of the molecule is CCOC(=O)Cc1csc(Nc2c(F)cccc2F)n1. The van der Waals surface area contributed by atoms with Crippen molar-refractivity contribution in [1.82, 2.24) is 4.98 Å². The van der Waals surface area contributed by atoms with Crippen molar-refractivity contribution in [2.75, 3.05) is 11.9 Å². The van der Waals surface area contributed by atoms with E-state index in [4.69, 9.17) is 4.74 Å². The molecule has 1 aromatic carbocycles. The van der Waals surface area contributed by atoms with Crippen LogP contribution in [0.5, 0.6) is 0 Å². The zero-order valence-corrected chi connectivity index (χ0v) is 11.5. The van der Waals surface area contributed by atoms with Crippen LogP contribution in [0.2, 0.25) is 0 Å². The highest BCUT2D eigenvalue weighted by Gasteiger charge is 2.12. The maximum Gasteiger partial charge on any atom is 0.311 e. The number of aromatic nitrogens is 1. The first-order valence-electron chi connectivity index (χ1n) is 5.91. The van der Waals surface area contributed by atoms with Crippen molar-refractivity contribution in [3.63, 3.8) is 0 Å². The highest BCUT2D eigenvalue weighted by atomic mass is 32.1. The molecule has 1 N–H and O–H groups in total. The van der Waals surface area contributed by atoms with E-state index < -0.39 is 11.6 Å². The van der Waals surface area contributed by atoms with Crippen LogP contribution < -0.4 is 5.32 Å². The van der Waals surface area contributed by atoms with Gasteiger partial charge in [0.15, 0.2) is 5.13 Å². The monoisotopic (exact) mass is 298 g/mol. The molecule has 0 spiro atoms. The van der Waals surface area contributed by atoms with Crippen LogP contribution in [0.3, 0.4) is 0 Å². The number of halogens is 2. The minimum atomic E-state index is -0.702. The smallest absolute Gasteiger partial charge is 0.311 e. The Balaban J connectivity index is 2.08. The molecule has 0 atom stereocenters. The van der Waals surface area contributed by atoms with Crippen molar-refractivity contribution in [3.8, 4) is 0 Å². The number of para-hydroxylation sites is 1. The third-order valence-electron chi connectivity index (χ3n) is 2.38. The Kier molecular flexibility index (Phi) is 4.62. The van der Waals surface area contributed by atoms with Gasteiger partial charge in [-0.15, -0.1) is 11.3 Å². The molecule has 4 nitrogen and oxygen atoms in total. The van der Waals surface area contributed by atoms with Gasteiger partial charge in [0.2, 0.25) is 0 Å². The molecule has 7 heteroatoms. The average molecular weight is 298 g/mol. The molecule has 0 aliphatic carbocycles. The predicted octanol–water partition coefficient (Wildman–Crippen LogP) is 3.27. The van der Waals surface area contributed by atoms with Crippen molar-refractivity contribution >= 4 is 28.1 Å². The molecular formula is C13H12F2N2O2S. The van der Waals surface area contributed by atoms with Gasteiger partial charge in [0, 0.05) is 5.38 Å². The number of benzene rings is 1. The third-order valence-corrected chi connectivity index (χ3v) is 3.18. The number of anilines is 2. The molecule has 0 unspecified atom stereocenters. The van der Waals surface area contributed by atoms with Crippen molar-refractivity contribution < 1.29 is 18.3 Å². The summed E-state index contributed by atoms with van der Waals surface area (Å²) in [5.74, 6) is -1.79. The molecule has 0 saturated carbocycles. The van der Waals surface area contributed by atoms with E-state index in [-0.39, 0.29) is 18.1 Å². The van der Waals surface area contributed by atoms with E-state index in [0.717, 1.165) is 23.5 Å². The lowest BCUT2D eigenvalue weighted by Gasteiger charge is -2.04. The van der Waals surface area contributed by atoms with Crippen LogP contribution in [0, 0.1) is 11.6 Å². The fraction of sp³-hybridized carbons (Fsp3) is 0.231. The Morgan fingerprint density at radius 2 is 2.10 bits per heavy atom. The van der Waals surface area contributed by atoms with Gasteiger partial charge in [0.05, 0.1) is 18.7 Å². The van der Waals surface area contributed by atoms with E-state index in [0.29, 0.717) is 17.4 Å². The van der Waals surface area contributed by atoms with Gasteiger partial charge in [-0.25, -0.2) is 13.8 Å². The minimum Gasteiger partial charge on any atom is -0.466 e. The molecule has 1 heterocycles. The zero-order valence-electron chi connectivity index (χ0n) is 10.7. The van der Waals surface area contributed by atoms with Crippen molar-refractivity contribution in [3.05, 3.63) is 40.9 Å². The second-order valence-electron chi connectivity index (χ2n) is 3.85. The highest BCUT2D eigenvalue weighted by Crippen LogP contribution is 2.25. The van der Waals surface area contributed by atoms with Gasteiger partial charge in [-0.1, -0.05) is 6.07 Å². The zero-order chi connectivity index (χ0) is 14.5. The molecule has 20 heavy (non-hydrogen) atoms. The van der Waals surface area contributed by atoms with Gasteiger partial charge in [-0.3, -0.25) is 4.79 Å². The number of rotatable bonds is 5. The van der Waals surface area contributed by atoms with Gasteiger partial charge in [-0.2, -0.15) is 0 Å². The fourth-order valence-corrected chi connectivity index (χ4v) is 2.24. The quantitative estimate of drug-likeness (QED) is 0.861. The van der Waals surface area contributed by atoms with Crippen molar-refractivity contribution in [1.29, 1.82) is 0 Å². The number of carbonyl (C=O) groups excluding carboxylic acids is 1. The molecule has 2 rings (SSSR count). The molecular weight excluding hydrogens is 286 g/mol. The Morgan fingerprint density at radius 3 is 2.75 bits per heavy atom.